The average Bonchev–Trinajstić information content (AvgIpc) is 2.64. The van der Waals surface area contributed by atoms with Gasteiger partial charge in [-0.1, -0.05) is 20.8 Å². The average molecular weight is 249 g/mol. The largest absolute Gasteiger partial charge is 0.410 e. The fraction of sp³-hybridized carbons (Fsp3) is 0.727. The lowest BCUT2D eigenvalue weighted by molar-refractivity contribution is -0.173. The Bertz CT molecular complexity index is 357. The Morgan fingerprint density at radius 3 is 2.41 bits per heavy atom. The van der Waals surface area contributed by atoms with Gasteiger partial charge in [0, 0.05) is 24.4 Å². The van der Waals surface area contributed by atoms with Crippen LogP contribution in [0.25, 0.3) is 0 Å². The number of alkyl halides is 3. The summed E-state index contributed by atoms with van der Waals surface area (Å²) in [4.78, 5) is 3.97. The highest BCUT2D eigenvalue weighted by atomic mass is 19.4. The zero-order valence-corrected chi connectivity index (χ0v) is 10.2. The minimum Gasteiger partial charge on any atom is -0.326 e. The van der Waals surface area contributed by atoms with Crippen LogP contribution < -0.4 is 5.73 Å². The monoisotopic (exact) mass is 249 g/mol. The molecule has 1 aromatic heterocycles. The van der Waals surface area contributed by atoms with Crippen molar-refractivity contribution < 1.29 is 13.2 Å². The lowest BCUT2D eigenvalue weighted by Gasteiger charge is -2.28. The van der Waals surface area contributed by atoms with Crippen LogP contribution >= 0.6 is 0 Å². The highest BCUT2D eigenvalue weighted by Crippen LogP contribution is 2.35. The fourth-order valence-corrected chi connectivity index (χ4v) is 1.84. The summed E-state index contributed by atoms with van der Waals surface area (Å²) in [5.41, 5.74) is 5.59. The van der Waals surface area contributed by atoms with Gasteiger partial charge in [0.1, 0.15) is 11.9 Å². The number of rotatable bonds is 4. The third kappa shape index (κ3) is 3.00. The summed E-state index contributed by atoms with van der Waals surface area (Å²) >= 11 is 0. The minimum atomic E-state index is -4.36. The Labute approximate surface area is 98.8 Å². The SMILES string of the molecule is CCC(N)C(n1ccnc1C(C)C)C(F)(F)F. The van der Waals surface area contributed by atoms with Crippen molar-refractivity contribution in [2.75, 3.05) is 0 Å². The number of aromatic nitrogens is 2. The lowest BCUT2D eigenvalue weighted by atomic mass is 10.0. The van der Waals surface area contributed by atoms with Crippen molar-refractivity contribution in [3.63, 3.8) is 0 Å². The zero-order chi connectivity index (χ0) is 13.2. The van der Waals surface area contributed by atoms with Gasteiger partial charge in [0.25, 0.3) is 0 Å². The smallest absolute Gasteiger partial charge is 0.326 e. The number of imidazole rings is 1. The van der Waals surface area contributed by atoms with E-state index in [9.17, 15) is 13.2 Å². The van der Waals surface area contributed by atoms with E-state index < -0.39 is 18.3 Å². The van der Waals surface area contributed by atoms with E-state index >= 15 is 0 Å². The first-order valence-corrected chi connectivity index (χ1v) is 5.64. The molecule has 0 saturated heterocycles. The molecular weight excluding hydrogens is 231 g/mol. The highest BCUT2D eigenvalue weighted by molar-refractivity contribution is 5.03. The Morgan fingerprint density at radius 1 is 1.41 bits per heavy atom. The molecule has 0 aliphatic rings. The second kappa shape index (κ2) is 5.08. The topological polar surface area (TPSA) is 43.8 Å². The molecule has 0 aromatic carbocycles. The van der Waals surface area contributed by atoms with Gasteiger partial charge in [-0.3, -0.25) is 0 Å². The number of hydrogen-bond donors (Lipinski definition) is 1. The molecule has 17 heavy (non-hydrogen) atoms. The van der Waals surface area contributed by atoms with Crippen LogP contribution in [0.4, 0.5) is 13.2 Å². The molecule has 98 valence electrons. The molecular formula is C11H18F3N3. The summed E-state index contributed by atoms with van der Waals surface area (Å²) in [6, 6.07) is -2.66. The molecule has 1 rings (SSSR count). The Morgan fingerprint density at radius 2 is 2.00 bits per heavy atom. The molecule has 0 bridgehead atoms. The molecule has 1 aromatic rings. The fourth-order valence-electron chi connectivity index (χ4n) is 1.84. The maximum absolute atomic E-state index is 13.0. The van der Waals surface area contributed by atoms with Crippen LogP contribution in [-0.2, 0) is 0 Å². The summed E-state index contributed by atoms with van der Waals surface area (Å²) in [6.07, 6.45) is -1.36. The summed E-state index contributed by atoms with van der Waals surface area (Å²) in [7, 11) is 0. The summed E-state index contributed by atoms with van der Waals surface area (Å²) in [6.45, 7) is 5.27. The molecule has 0 saturated carbocycles. The predicted octanol–water partition coefficient (Wildman–Crippen LogP) is 2.85. The molecule has 2 unspecified atom stereocenters. The molecule has 0 aliphatic heterocycles. The van der Waals surface area contributed by atoms with E-state index in [0.717, 1.165) is 4.57 Å². The number of halogens is 3. The Kier molecular flexibility index (Phi) is 4.19. The third-order valence-electron chi connectivity index (χ3n) is 2.73. The Balaban J connectivity index is 3.18. The van der Waals surface area contributed by atoms with Gasteiger partial charge in [-0.15, -0.1) is 0 Å². The van der Waals surface area contributed by atoms with Crippen molar-refractivity contribution in [2.45, 2.75) is 51.4 Å². The molecule has 1 heterocycles. The van der Waals surface area contributed by atoms with Crippen LogP contribution in [0, 0.1) is 0 Å². The molecule has 0 aliphatic carbocycles. The normalized spacial score (nSPS) is 16.2. The van der Waals surface area contributed by atoms with Crippen LogP contribution in [-0.4, -0.2) is 21.8 Å². The van der Waals surface area contributed by atoms with Gasteiger partial charge in [-0.25, -0.2) is 4.98 Å². The quantitative estimate of drug-likeness (QED) is 0.891. The molecule has 2 N–H and O–H groups in total. The first-order valence-electron chi connectivity index (χ1n) is 5.64. The van der Waals surface area contributed by atoms with Gasteiger partial charge in [0.15, 0.2) is 0 Å². The number of hydrogen-bond acceptors (Lipinski definition) is 2. The third-order valence-corrected chi connectivity index (χ3v) is 2.73. The van der Waals surface area contributed by atoms with Gasteiger partial charge in [-0.2, -0.15) is 13.2 Å². The molecule has 0 fully saturated rings. The van der Waals surface area contributed by atoms with E-state index in [1.165, 1.54) is 12.4 Å². The van der Waals surface area contributed by atoms with E-state index in [1.54, 1.807) is 6.92 Å². The first-order chi connectivity index (χ1) is 7.79. The van der Waals surface area contributed by atoms with E-state index in [2.05, 4.69) is 4.98 Å². The molecule has 2 atom stereocenters. The van der Waals surface area contributed by atoms with Gasteiger partial charge in [0.05, 0.1) is 0 Å². The van der Waals surface area contributed by atoms with Crippen molar-refractivity contribution in [3.8, 4) is 0 Å². The van der Waals surface area contributed by atoms with E-state index in [4.69, 9.17) is 5.73 Å². The predicted molar refractivity (Wildman–Crippen MR) is 59.7 cm³/mol. The Hall–Kier alpha value is -1.04. The maximum Gasteiger partial charge on any atom is 0.410 e. The van der Waals surface area contributed by atoms with Crippen molar-refractivity contribution in [2.24, 2.45) is 5.73 Å². The standard InChI is InChI=1S/C11H18F3N3/c1-4-8(15)9(11(12,13)14)17-6-5-16-10(17)7(2)3/h5-9H,4,15H2,1-3H3. The number of nitrogens with zero attached hydrogens (tertiary/aromatic N) is 2. The van der Waals surface area contributed by atoms with Gasteiger partial charge in [0.2, 0.25) is 0 Å². The van der Waals surface area contributed by atoms with Crippen LogP contribution in [0.5, 0.6) is 0 Å². The van der Waals surface area contributed by atoms with Crippen LogP contribution in [0.1, 0.15) is 45.0 Å². The van der Waals surface area contributed by atoms with E-state index in [0.29, 0.717) is 5.82 Å². The van der Waals surface area contributed by atoms with Crippen LogP contribution in [0.3, 0.4) is 0 Å². The van der Waals surface area contributed by atoms with Gasteiger partial charge < -0.3 is 10.3 Å². The van der Waals surface area contributed by atoms with Crippen molar-refractivity contribution >= 4 is 0 Å². The molecule has 3 nitrogen and oxygen atoms in total. The second-order valence-corrected chi connectivity index (χ2v) is 4.41. The lowest BCUT2D eigenvalue weighted by Crippen LogP contribution is -2.41. The summed E-state index contributed by atoms with van der Waals surface area (Å²) in [5, 5.41) is 0. The van der Waals surface area contributed by atoms with Crippen molar-refractivity contribution in [1.29, 1.82) is 0 Å². The molecule has 0 spiro atoms. The second-order valence-electron chi connectivity index (χ2n) is 4.41. The summed E-state index contributed by atoms with van der Waals surface area (Å²) in [5.74, 6) is 0.343. The van der Waals surface area contributed by atoms with Crippen LogP contribution in [0.15, 0.2) is 12.4 Å². The van der Waals surface area contributed by atoms with Crippen LogP contribution in [0.2, 0.25) is 0 Å². The van der Waals surface area contributed by atoms with E-state index in [1.807, 2.05) is 13.8 Å². The summed E-state index contributed by atoms with van der Waals surface area (Å²) < 4.78 is 40.3. The van der Waals surface area contributed by atoms with Gasteiger partial charge in [-0.05, 0) is 6.42 Å². The van der Waals surface area contributed by atoms with Gasteiger partial charge >= 0.3 is 6.18 Å². The first kappa shape index (κ1) is 14.0. The zero-order valence-electron chi connectivity index (χ0n) is 10.2. The molecule has 6 heteroatoms. The van der Waals surface area contributed by atoms with Crippen molar-refractivity contribution in [1.82, 2.24) is 9.55 Å². The minimum absolute atomic E-state index is 0.0705. The highest BCUT2D eigenvalue weighted by Gasteiger charge is 2.45. The number of nitrogens with two attached hydrogens (primary N) is 1. The van der Waals surface area contributed by atoms with Crippen molar-refractivity contribution in [3.05, 3.63) is 18.2 Å². The maximum atomic E-state index is 13.0. The molecule has 0 amide bonds. The van der Waals surface area contributed by atoms with E-state index in [-0.39, 0.29) is 12.3 Å². The molecule has 0 radical (unpaired) electrons.